The summed E-state index contributed by atoms with van der Waals surface area (Å²) in [6, 6.07) is 8.78. The lowest BCUT2D eigenvalue weighted by Gasteiger charge is -2.30. The van der Waals surface area contributed by atoms with E-state index in [9.17, 15) is 0 Å². The van der Waals surface area contributed by atoms with Crippen LogP contribution in [0.15, 0.2) is 24.3 Å². The molecule has 1 N–H and O–H groups in total. The Balaban J connectivity index is 1.59. The highest BCUT2D eigenvalue weighted by Crippen LogP contribution is 2.33. The van der Waals surface area contributed by atoms with E-state index in [2.05, 4.69) is 29.6 Å². The quantitative estimate of drug-likeness (QED) is 0.711. The van der Waals surface area contributed by atoms with Crippen LogP contribution in [0, 0.1) is 0 Å². The van der Waals surface area contributed by atoms with E-state index in [1.165, 1.54) is 18.4 Å². The first-order valence-corrected chi connectivity index (χ1v) is 6.19. The molecule has 16 heavy (non-hydrogen) atoms. The van der Waals surface area contributed by atoms with Gasteiger partial charge in [-0.05, 0) is 36.9 Å². The van der Waals surface area contributed by atoms with Crippen molar-refractivity contribution in [2.75, 3.05) is 26.8 Å². The number of methoxy groups -OCH3 is 1. The molecule has 2 rings (SSSR count). The van der Waals surface area contributed by atoms with Crippen LogP contribution in [0.2, 0.25) is 0 Å². The molecule has 1 atom stereocenters. The molecule has 1 aliphatic rings. The van der Waals surface area contributed by atoms with Crippen molar-refractivity contribution in [3.8, 4) is 0 Å². The van der Waals surface area contributed by atoms with Crippen molar-refractivity contribution in [2.24, 2.45) is 0 Å². The molecule has 0 aliphatic heterocycles. The molecular formula is C14H21NO. The predicted molar refractivity (Wildman–Crippen MR) is 66.9 cm³/mol. The molecule has 0 aromatic heterocycles. The summed E-state index contributed by atoms with van der Waals surface area (Å²) >= 11 is 0. The minimum absolute atomic E-state index is 0.749. The van der Waals surface area contributed by atoms with E-state index in [0.29, 0.717) is 0 Å². The van der Waals surface area contributed by atoms with Gasteiger partial charge in [0.05, 0.1) is 0 Å². The average molecular weight is 219 g/mol. The number of hydrogen-bond donors (Lipinski definition) is 1. The second kappa shape index (κ2) is 6.02. The van der Waals surface area contributed by atoms with Gasteiger partial charge in [-0.2, -0.15) is 0 Å². The minimum Gasteiger partial charge on any atom is -0.385 e. The molecule has 0 fully saturated rings. The lowest BCUT2D eigenvalue weighted by atomic mass is 9.77. The maximum atomic E-state index is 5.02. The van der Waals surface area contributed by atoms with Gasteiger partial charge in [-0.3, -0.25) is 0 Å². The lowest BCUT2D eigenvalue weighted by Crippen LogP contribution is -2.29. The van der Waals surface area contributed by atoms with Crippen LogP contribution in [0.1, 0.15) is 29.9 Å². The van der Waals surface area contributed by atoms with Crippen LogP contribution in [0.5, 0.6) is 0 Å². The fourth-order valence-corrected chi connectivity index (χ4v) is 2.32. The highest BCUT2D eigenvalue weighted by molar-refractivity contribution is 5.40. The monoisotopic (exact) mass is 219 g/mol. The molecule has 88 valence electrons. The number of unbranched alkanes of at least 4 members (excludes halogenated alkanes) is 1. The van der Waals surface area contributed by atoms with E-state index < -0.39 is 0 Å². The largest absolute Gasteiger partial charge is 0.385 e. The summed E-state index contributed by atoms with van der Waals surface area (Å²) in [5.41, 5.74) is 3.08. The average Bonchev–Trinajstić information content (AvgIpc) is 2.28. The van der Waals surface area contributed by atoms with E-state index in [1.54, 1.807) is 12.7 Å². The van der Waals surface area contributed by atoms with E-state index in [4.69, 9.17) is 4.74 Å². The van der Waals surface area contributed by atoms with E-state index >= 15 is 0 Å². The summed E-state index contributed by atoms with van der Waals surface area (Å²) < 4.78 is 5.02. The van der Waals surface area contributed by atoms with Crippen LogP contribution < -0.4 is 5.32 Å². The lowest BCUT2D eigenvalue weighted by molar-refractivity contribution is 0.192. The van der Waals surface area contributed by atoms with Gasteiger partial charge in [0.25, 0.3) is 0 Å². The second-order valence-electron chi connectivity index (χ2n) is 4.50. The maximum absolute atomic E-state index is 5.02. The smallest absolute Gasteiger partial charge is 0.0462 e. The van der Waals surface area contributed by atoms with Crippen molar-refractivity contribution in [3.05, 3.63) is 35.4 Å². The van der Waals surface area contributed by atoms with Crippen molar-refractivity contribution < 1.29 is 4.74 Å². The third kappa shape index (κ3) is 2.83. The fourth-order valence-electron chi connectivity index (χ4n) is 2.32. The molecule has 1 aromatic carbocycles. The zero-order valence-electron chi connectivity index (χ0n) is 10.0. The van der Waals surface area contributed by atoms with Crippen molar-refractivity contribution in [1.82, 2.24) is 5.32 Å². The van der Waals surface area contributed by atoms with Gasteiger partial charge in [-0.1, -0.05) is 24.3 Å². The highest BCUT2D eigenvalue weighted by Gasteiger charge is 2.24. The van der Waals surface area contributed by atoms with Gasteiger partial charge in [0.2, 0.25) is 0 Å². The number of rotatable bonds is 7. The van der Waals surface area contributed by atoms with Crippen LogP contribution in [-0.4, -0.2) is 26.8 Å². The molecule has 1 unspecified atom stereocenters. The molecule has 1 aromatic rings. The Morgan fingerprint density at radius 1 is 1.31 bits per heavy atom. The minimum atomic E-state index is 0.749. The Morgan fingerprint density at radius 2 is 2.19 bits per heavy atom. The van der Waals surface area contributed by atoms with Gasteiger partial charge in [0, 0.05) is 26.2 Å². The Hall–Kier alpha value is -0.860. The van der Waals surface area contributed by atoms with Crippen LogP contribution in [0.4, 0.5) is 0 Å². The molecular weight excluding hydrogens is 198 g/mol. The molecule has 0 radical (unpaired) electrons. The molecule has 0 saturated carbocycles. The van der Waals surface area contributed by atoms with E-state index in [-0.39, 0.29) is 0 Å². The fraction of sp³-hybridized carbons (Fsp3) is 0.571. The first-order valence-electron chi connectivity index (χ1n) is 6.19. The first kappa shape index (κ1) is 11.6. The first-order chi connectivity index (χ1) is 7.92. The number of fused-ring (bicyclic) bond motifs is 1. The molecule has 0 spiro atoms. The summed E-state index contributed by atoms with van der Waals surface area (Å²) in [5.74, 6) is 0.749. The molecule has 0 heterocycles. The standard InChI is InChI=1S/C14H21NO/c1-16-9-5-4-8-15-11-13-10-12-6-2-3-7-14(12)13/h2-3,6-7,13,15H,4-5,8-11H2,1H3. The van der Waals surface area contributed by atoms with Crippen molar-refractivity contribution in [3.63, 3.8) is 0 Å². The number of ether oxygens (including phenoxy) is 1. The summed E-state index contributed by atoms with van der Waals surface area (Å²) in [6.45, 7) is 3.12. The predicted octanol–water partition coefficient (Wildman–Crippen LogP) is 2.34. The van der Waals surface area contributed by atoms with E-state index in [1.807, 2.05) is 0 Å². The summed E-state index contributed by atoms with van der Waals surface area (Å²) in [5, 5.41) is 3.53. The van der Waals surface area contributed by atoms with Gasteiger partial charge in [0.1, 0.15) is 0 Å². The van der Waals surface area contributed by atoms with Gasteiger partial charge in [-0.25, -0.2) is 0 Å². The summed E-state index contributed by atoms with van der Waals surface area (Å²) in [7, 11) is 1.76. The SMILES string of the molecule is COCCCCNCC1Cc2ccccc21. The summed E-state index contributed by atoms with van der Waals surface area (Å²) in [4.78, 5) is 0. The topological polar surface area (TPSA) is 21.3 Å². The van der Waals surface area contributed by atoms with Crippen LogP contribution in [0.3, 0.4) is 0 Å². The molecule has 0 saturated heterocycles. The number of hydrogen-bond acceptors (Lipinski definition) is 2. The van der Waals surface area contributed by atoms with Gasteiger partial charge in [-0.15, -0.1) is 0 Å². The van der Waals surface area contributed by atoms with Crippen molar-refractivity contribution >= 4 is 0 Å². The van der Waals surface area contributed by atoms with Crippen LogP contribution in [-0.2, 0) is 11.2 Å². The van der Waals surface area contributed by atoms with Crippen LogP contribution >= 0.6 is 0 Å². The van der Waals surface area contributed by atoms with Crippen molar-refractivity contribution in [2.45, 2.75) is 25.2 Å². The zero-order valence-corrected chi connectivity index (χ0v) is 10.0. The highest BCUT2D eigenvalue weighted by atomic mass is 16.5. The Kier molecular flexibility index (Phi) is 4.37. The molecule has 2 nitrogen and oxygen atoms in total. The molecule has 1 aliphatic carbocycles. The Morgan fingerprint density at radius 3 is 3.00 bits per heavy atom. The van der Waals surface area contributed by atoms with Gasteiger partial charge in [0.15, 0.2) is 0 Å². The molecule has 0 amide bonds. The van der Waals surface area contributed by atoms with E-state index in [0.717, 1.165) is 32.0 Å². The normalized spacial score (nSPS) is 17.9. The zero-order chi connectivity index (χ0) is 11.2. The third-order valence-corrected chi connectivity index (χ3v) is 3.30. The van der Waals surface area contributed by atoms with Gasteiger partial charge < -0.3 is 10.1 Å². The summed E-state index contributed by atoms with van der Waals surface area (Å²) in [6.07, 6.45) is 3.62. The molecule has 2 heteroatoms. The number of benzene rings is 1. The maximum Gasteiger partial charge on any atom is 0.0462 e. The Bertz CT molecular complexity index is 324. The van der Waals surface area contributed by atoms with Gasteiger partial charge >= 0.3 is 0 Å². The third-order valence-electron chi connectivity index (χ3n) is 3.30. The van der Waals surface area contributed by atoms with Crippen LogP contribution in [0.25, 0.3) is 0 Å². The Labute approximate surface area is 98.0 Å². The van der Waals surface area contributed by atoms with Crippen molar-refractivity contribution in [1.29, 1.82) is 0 Å². The number of nitrogens with one attached hydrogen (secondary N) is 1. The second-order valence-corrected chi connectivity index (χ2v) is 4.50. The molecule has 0 bridgehead atoms.